The van der Waals surface area contributed by atoms with E-state index in [1.807, 2.05) is 0 Å². The number of carbonyl (C=O) groups is 1. The lowest BCUT2D eigenvalue weighted by atomic mass is 10.1. The molecule has 1 aliphatic carbocycles. The van der Waals surface area contributed by atoms with E-state index in [0.717, 1.165) is 0 Å². The smallest absolute Gasteiger partial charge is 0.328 e. The first kappa shape index (κ1) is 17.5. The van der Waals surface area contributed by atoms with Gasteiger partial charge >= 0.3 is 5.97 Å². The molecule has 7 heteroatoms. The van der Waals surface area contributed by atoms with Gasteiger partial charge in [-0.1, -0.05) is 29.0 Å². The molecule has 0 spiro atoms. The van der Waals surface area contributed by atoms with Crippen LogP contribution in [0.4, 0.5) is 0 Å². The standard InChI is InChI=1S/C15H19IO5S/c1-3-21-14(17)15(10-4-5-13(15)16)22(18,19)12-8-6-11(20-2)7-9-12/h6-9,13H,3-5,10H2,1-2H3. The van der Waals surface area contributed by atoms with Crippen LogP contribution in [0.2, 0.25) is 0 Å². The van der Waals surface area contributed by atoms with Gasteiger partial charge in [0.15, 0.2) is 14.6 Å². The fourth-order valence-electron chi connectivity index (χ4n) is 2.79. The molecule has 0 heterocycles. The summed E-state index contributed by atoms with van der Waals surface area (Å²) in [5, 5.41) is 0. The third-order valence-corrected chi connectivity index (χ3v) is 8.60. The summed E-state index contributed by atoms with van der Waals surface area (Å²) in [4.78, 5) is 12.6. The monoisotopic (exact) mass is 438 g/mol. The van der Waals surface area contributed by atoms with Gasteiger partial charge in [-0.25, -0.2) is 8.42 Å². The topological polar surface area (TPSA) is 69.7 Å². The fourth-order valence-corrected chi connectivity index (χ4v) is 6.87. The maximum Gasteiger partial charge on any atom is 0.328 e. The van der Waals surface area contributed by atoms with Crippen LogP contribution in [-0.2, 0) is 19.4 Å². The summed E-state index contributed by atoms with van der Waals surface area (Å²) < 4.78 is 34.6. The first-order chi connectivity index (χ1) is 10.4. The van der Waals surface area contributed by atoms with Crippen molar-refractivity contribution in [3.05, 3.63) is 24.3 Å². The molecule has 2 rings (SSSR count). The summed E-state index contributed by atoms with van der Waals surface area (Å²) in [7, 11) is -2.32. The molecule has 0 saturated heterocycles. The number of esters is 1. The van der Waals surface area contributed by atoms with Crippen LogP contribution in [0.1, 0.15) is 26.2 Å². The Morgan fingerprint density at radius 1 is 1.36 bits per heavy atom. The van der Waals surface area contributed by atoms with E-state index in [1.54, 1.807) is 19.1 Å². The van der Waals surface area contributed by atoms with Crippen molar-refractivity contribution in [2.24, 2.45) is 0 Å². The van der Waals surface area contributed by atoms with Gasteiger partial charge in [0, 0.05) is 3.92 Å². The highest BCUT2D eigenvalue weighted by Gasteiger charge is 2.59. The number of hydrogen-bond donors (Lipinski definition) is 0. The lowest BCUT2D eigenvalue weighted by molar-refractivity contribution is -0.145. The minimum Gasteiger partial charge on any atom is -0.497 e. The van der Waals surface area contributed by atoms with E-state index in [1.165, 1.54) is 19.2 Å². The van der Waals surface area contributed by atoms with Crippen LogP contribution in [0, 0.1) is 0 Å². The first-order valence-electron chi connectivity index (χ1n) is 7.10. The third-order valence-electron chi connectivity index (χ3n) is 3.98. The molecule has 1 aliphatic rings. The number of benzene rings is 1. The Kier molecular flexibility index (Phi) is 5.37. The second-order valence-electron chi connectivity index (χ2n) is 5.15. The number of rotatable bonds is 5. The summed E-state index contributed by atoms with van der Waals surface area (Å²) >= 11 is 2.06. The Balaban J connectivity index is 2.52. The van der Waals surface area contributed by atoms with Crippen molar-refractivity contribution in [3.63, 3.8) is 0 Å². The summed E-state index contributed by atoms with van der Waals surface area (Å²) in [6, 6.07) is 6.14. The Bertz CT molecular complexity index is 640. The van der Waals surface area contributed by atoms with E-state index in [2.05, 4.69) is 22.6 Å². The molecular weight excluding hydrogens is 419 g/mol. The Morgan fingerprint density at radius 2 is 2.00 bits per heavy atom. The summed E-state index contributed by atoms with van der Waals surface area (Å²) in [5.41, 5.74) is 0. The van der Waals surface area contributed by atoms with Crippen LogP contribution in [-0.4, -0.2) is 36.8 Å². The normalized spacial score (nSPS) is 25.0. The zero-order valence-electron chi connectivity index (χ0n) is 12.5. The van der Waals surface area contributed by atoms with Crippen LogP contribution in [0.5, 0.6) is 5.75 Å². The SMILES string of the molecule is CCOC(=O)C1(S(=O)(=O)c2ccc(OC)cc2)CCCC1I. The van der Waals surface area contributed by atoms with Crippen molar-refractivity contribution in [2.45, 2.75) is 39.8 Å². The second kappa shape index (κ2) is 6.74. The highest BCUT2D eigenvalue weighted by molar-refractivity contribution is 14.1. The van der Waals surface area contributed by atoms with E-state index < -0.39 is 20.6 Å². The largest absolute Gasteiger partial charge is 0.497 e. The number of ether oxygens (including phenoxy) is 2. The molecule has 0 bridgehead atoms. The van der Waals surface area contributed by atoms with E-state index in [9.17, 15) is 13.2 Å². The van der Waals surface area contributed by atoms with Gasteiger partial charge in [0.2, 0.25) is 0 Å². The van der Waals surface area contributed by atoms with Crippen molar-refractivity contribution in [2.75, 3.05) is 13.7 Å². The molecule has 0 amide bonds. The van der Waals surface area contributed by atoms with Crippen molar-refractivity contribution in [1.29, 1.82) is 0 Å². The number of alkyl halides is 1. The maximum atomic E-state index is 13.1. The predicted octanol–water partition coefficient (Wildman–Crippen LogP) is 2.76. The number of methoxy groups -OCH3 is 1. The zero-order valence-corrected chi connectivity index (χ0v) is 15.5. The third kappa shape index (κ3) is 2.73. The average Bonchev–Trinajstić information content (AvgIpc) is 2.90. The van der Waals surface area contributed by atoms with E-state index in [0.29, 0.717) is 25.0 Å². The highest BCUT2D eigenvalue weighted by atomic mass is 127. The zero-order chi connectivity index (χ0) is 16.4. The van der Waals surface area contributed by atoms with Crippen molar-refractivity contribution < 1.29 is 22.7 Å². The molecule has 1 fully saturated rings. The van der Waals surface area contributed by atoms with Crippen LogP contribution in [0.15, 0.2) is 29.2 Å². The molecule has 22 heavy (non-hydrogen) atoms. The fraction of sp³-hybridized carbons (Fsp3) is 0.533. The van der Waals surface area contributed by atoms with Gasteiger partial charge in [-0.15, -0.1) is 0 Å². The van der Waals surface area contributed by atoms with Crippen molar-refractivity contribution >= 4 is 38.4 Å². The molecular formula is C15H19IO5S. The van der Waals surface area contributed by atoms with Gasteiger partial charge in [-0.3, -0.25) is 4.79 Å². The van der Waals surface area contributed by atoms with Gasteiger partial charge in [-0.05, 0) is 44.0 Å². The minimum atomic E-state index is -3.83. The van der Waals surface area contributed by atoms with Gasteiger partial charge in [-0.2, -0.15) is 0 Å². The minimum absolute atomic E-state index is 0.130. The number of halogens is 1. The molecule has 2 unspecified atom stereocenters. The molecule has 2 atom stereocenters. The van der Waals surface area contributed by atoms with E-state index in [-0.39, 0.29) is 15.4 Å². The maximum absolute atomic E-state index is 13.1. The molecule has 0 aliphatic heterocycles. The number of carbonyl (C=O) groups excluding carboxylic acids is 1. The lowest BCUT2D eigenvalue weighted by Gasteiger charge is -2.29. The van der Waals surface area contributed by atoms with Gasteiger partial charge in [0.05, 0.1) is 18.6 Å². The molecule has 5 nitrogen and oxygen atoms in total. The molecule has 122 valence electrons. The predicted molar refractivity (Wildman–Crippen MR) is 91.2 cm³/mol. The summed E-state index contributed by atoms with van der Waals surface area (Å²) in [6.07, 6.45) is 1.68. The van der Waals surface area contributed by atoms with Crippen LogP contribution in [0.3, 0.4) is 0 Å². The summed E-state index contributed by atoms with van der Waals surface area (Å²) in [5.74, 6) is -0.0655. The van der Waals surface area contributed by atoms with Crippen LogP contribution in [0.25, 0.3) is 0 Å². The summed E-state index contributed by atoms with van der Waals surface area (Å²) in [6.45, 7) is 1.85. The number of hydrogen-bond acceptors (Lipinski definition) is 5. The lowest BCUT2D eigenvalue weighted by Crippen LogP contribution is -2.51. The van der Waals surface area contributed by atoms with Crippen molar-refractivity contribution in [1.82, 2.24) is 0 Å². The Morgan fingerprint density at radius 3 is 2.45 bits per heavy atom. The van der Waals surface area contributed by atoms with E-state index in [4.69, 9.17) is 9.47 Å². The second-order valence-corrected chi connectivity index (χ2v) is 8.86. The molecule has 0 aromatic heterocycles. The Labute approximate surface area is 144 Å². The molecule has 1 aromatic carbocycles. The Hall–Kier alpha value is -0.830. The molecule has 1 saturated carbocycles. The highest BCUT2D eigenvalue weighted by Crippen LogP contribution is 2.45. The first-order valence-corrected chi connectivity index (χ1v) is 9.83. The van der Waals surface area contributed by atoms with Gasteiger partial charge in [0.1, 0.15) is 5.75 Å². The van der Waals surface area contributed by atoms with Crippen LogP contribution < -0.4 is 4.74 Å². The molecule has 0 radical (unpaired) electrons. The molecule has 0 N–H and O–H groups in total. The van der Waals surface area contributed by atoms with E-state index >= 15 is 0 Å². The van der Waals surface area contributed by atoms with Gasteiger partial charge < -0.3 is 9.47 Å². The molecule has 1 aromatic rings. The van der Waals surface area contributed by atoms with Gasteiger partial charge in [0.25, 0.3) is 0 Å². The van der Waals surface area contributed by atoms with Crippen LogP contribution >= 0.6 is 22.6 Å². The number of sulfone groups is 1. The van der Waals surface area contributed by atoms with Crippen molar-refractivity contribution in [3.8, 4) is 5.75 Å². The average molecular weight is 438 g/mol. The quantitative estimate of drug-likeness (QED) is 0.402.